The molecule has 120 valence electrons. The molecule has 24 heavy (non-hydrogen) atoms. The molecule has 0 saturated heterocycles. The third-order valence-corrected chi connectivity index (χ3v) is 3.89. The molecule has 0 amide bonds. The number of pyridine rings is 1. The Hall–Kier alpha value is -2.85. The number of ether oxygens (including phenoxy) is 1. The van der Waals surface area contributed by atoms with Crippen LogP contribution in [0.15, 0.2) is 54.6 Å². The van der Waals surface area contributed by atoms with E-state index in [2.05, 4.69) is 4.98 Å². The minimum atomic E-state index is -0.334. The third-order valence-electron chi connectivity index (χ3n) is 3.59. The molecule has 1 heterocycles. The number of aromatic hydroxyl groups is 1. The maximum absolute atomic E-state index is 12.3. The maximum Gasteiger partial charge on any atom is 0.189 e. The van der Waals surface area contributed by atoms with Gasteiger partial charge in [0.15, 0.2) is 5.78 Å². The van der Waals surface area contributed by atoms with E-state index < -0.39 is 0 Å². The van der Waals surface area contributed by atoms with Crippen LogP contribution >= 0.6 is 11.6 Å². The number of carbonyl (C=O) groups is 1. The van der Waals surface area contributed by atoms with Crippen molar-refractivity contribution in [3.8, 4) is 11.5 Å². The molecule has 0 aliphatic rings. The number of fused-ring (bicyclic) bond motifs is 1. The quantitative estimate of drug-likeness (QED) is 0.432. The lowest BCUT2D eigenvalue weighted by molar-refractivity contribution is 0.104. The predicted molar refractivity (Wildman–Crippen MR) is 94.8 cm³/mol. The molecule has 3 rings (SSSR count). The van der Waals surface area contributed by atoms with Crippen molar-refractivity contribution in [2.45, 2.75) is 0 Å². The van der Waals surface area contributed by atoms with Gasteiger partial charge in [-0.1, -0.05) is 29.8 Å². The van der Waals surface area contributed by atoms with Gasteiger partial charge in [-0.15, -0.1) is 0 Å². The predicted octanol–water partition coefficient (Wildman–Crippen LogP) is 4.50. The first-order valence-corrected chi connectivity index (χ1v) is 7.61. The summed E-state index contributed by atoms with van der Waals surface area (Å²) in [6.07, 6.45) is 2.95. The lowest BCUT2D eigenvalue weighted by Gasteiger charge is -2.04. The molecule has 1 aromatic heterocycles. The highest BCUT2D eigenvalue weighted by atomic mass is 35.5. The molecular weight excluding hydrogens is 326 g/mol. The molecular formula is C19H14ClNO3. The molecule has 0 saturated carbocycles. The molecule has 0 aliphatic carbocycles. The van der Waals surface area contributed by atoms with E-state index in [1.807, 2.05) is 30.3 Å². The van der Waals surface area contributed by atoms with Gasteiger partial charge in [0.1, 0.15) is 16.7 Å². The van der Waals surface area contributed by atoms with Gasteiger partial charge in [0.2, 0.25) is 0 Å². The number of rotatable bonds is 4. The van der Waals surface area contributed by atoms with Crippen LogP contribution in [0.2, 0.25) is 5.15 Å². The standard InChI is InChI=1S/C19H14ClNO3/c1-24-14-7-8-15(18(23)11-14)17(22)9-6-13-10-12-4-2-3-5-16(12)21-19(13)20/h2-11,23H,1H3/b9-6+. The summed E-state index contributed by atoms with van der Waals surface area (Å²) in [6.45, 7) is 0. The number of aromatic nitrogens is 1. The van der Waals surface area contributed by atoms with Gasteiger partial charge in [-0.2, -0.15) is 0 Å². The minimum absolute atomic E-state index is 0.133. The zero-order valence-electron chi connectivity index (χ0n) is 12.9. The first-order valence-electron chi connectivity index (χ1n) is 7.23. The van der Waals surface area contributed by atoms with Gasteiger partial charge >= 0.3 is 0 Å². The number of hydrogen-bond acceptors (Lipinski definition) is 4. The molecule has 4 nitrogen and oxygen atoms in total. The second-order valence-electron chi connectivity index (χ2n) is 5.14. The number of hydrogen-bond donors (Lipinski definition) is 1. The molecule has 0 unspecified atom stereocenters. The Kier molecular flexibility index (Phi) is 4.49. The van der Waals surface area contributed by atoms with Gasteiger partial charge in [-0.3, -0.25) is 4.79 Å². The van der Waals surface area contributed by atoms with E-state index in [0.717, 1.165) is 10.9 Å². The maximum atomic E-state index is 12.3. The molecule has 0 aliphatic heterocycles. The van der Waals surface area contributed by atoms with Crippen molar-refractivity contribution in [3.63, 3.8) is 0 Å². The zero-order valence-corrected chi connectivity index (χ0v) is 13.6. The number of methoxy groups -OCH3 is 1. The van der Waals surface area contributed by atoms with Crippen molar-refractivity contribution in [3.05, 3.63) is 70.9 Å². The smallest absolute Gasteiger partial charge is 0.189 e. The Labute approximate surface area is 144 Å². The van der Waals surface area contributed by atoms with E-state index >= 15 is 0 Å². The Bertz CT molecular complexity index is 950. The van der Waals surface area contributed by atoms with Crippen LogP contribution in [0.5, 0.6) is 11.5 Å². The SMILES string of the molecule is COc1ccc(C(=O)/C=C/c2cc3ccccc3nc2Cl)c(O)c1. The first-order chi connectivity index (χ1) is 11.6. The molecule has 0 fully saturated rings. The summed E-state index contributed by atoms with van der Waals surface area (Å²) in [4.78, 5) is 16.6. The fourth-order valence-corrected chi connectivity index (χ4v) is 2.54. The van der Waals surface area contributed by atoms with Gasteiger partial charge in [0.05, 0.1) is 18.2 Å². The minimum Gasteiger partial charge on any atom is -0.507 e. The average Bonchev–Trinajstić information content (AvgIpc) is 2.59. The number of phenols is 1. The average molecular weight is 340 g/mol. The molecule has 0 atom stereocenters. The van der Waals surface area contributed by atoms with Crippen molar-refractivity contribution >= 4 is 34.4 Å². The number of phenolic OH excluding ortho intramolecular Hbond substituents is 1. The van der Waals surface area contributed by atoms with Crippen LogP contribution < -0.4 is 4.74 Å². The largest absolute Gasteiger partial charge is 0.507 e. The normalized spacial score (nSPS) is 11.1. The molecule has 0 spiro atoms. The summed E-state index contributed by atoms with van der Waals surface area (Å²) in [5, 5.41) is 11.2. The Morgan fingerprint density at radius 3 is 2.75 bits per heavy atom. The first kappa shape index (κ1) is 16.0. The van der Waals surface area contributed by atoms with Gasteiger partial charge in [0, 0.05) is 17.0 Å². The van der Waals surface area contributed by atoms with Crippen LogP contribution in [-0.4, -0.2) is 23.0 Å². The van der Waals surface area contributed by atoms with Crippen LogP contribution in [-0.2, 0) is 0 Å². The van der Waals surface area contributed by atoms with Crippen molar-refractivity contribution in [2.75, 3.05) is 7.11 Å². The monoisotopic (exact) mass is 339 g/mol. The molecule has 0 radical (unpaired) electrons. The van der Waals surface area contributed by atoms with Crippen LogP contribution in [0.1, 0.15) is 15.9 Å². The van der Waals surface area contributed by atoms with Crippen LogP contribution in [0, 0.1) is 0 Å². The van der Waals surface area contributed by atoms with Crippen molar-refractivity contribution in [1.29, 1.82) is 0 Å². The number of allylic oxidation sites excluding steroid dienone is 1. The molecule has 3 aromatic rings. The highest BCUT2D eigenvalue weighted by Gasteiger charge is 2.10. The molecule has 1 N–H and O–H groups in total. The second kappa shape index (κ2) is 6.72. The van der Waals surface area contributed by atoms with E-state index in [1.54, 1.807) is 12.1 Å². The Balaban J connectivity index is 1.90. The molecule has 5 heteroatoms. The fraction of sp³-hybridized carbons (Fsp3) is 0.0526. The van der Waals surface area contributed by atoms with Crippen LogP contribution in [0.4, 0.5) is 0 Å². The third kappa shape index (κ3) is 3.24. The number of ketones is 1. The van der Waals surface area contributed by atoms with Crippen LogP contribution in [0.3, 0.4) is 0 Å². The lowest BCUT2D eigenvalue weighted by Crippen LogP contribution is -1.95. The summed E-state index contributed by atoms with van der Waals surface area (Å²) in [6, 6.07) is 14.0. The van der Waals surface area contributed by atoms with Crippen molar-refractivity contribution in [2.24, 2.45) is 0 Å². The van der Waals surface area contributed by atoms with Gasteiger partial charge in [-0.25, -0.2) is 4.98 Å². The molecule has 0 bridgehead atoms. The van der Waals surface area contributed by atoms with Crippen molar-refractivity contribution < 1.29 is 14.6 Å². The zero-order chi connectivity index (χ0) is 17.1. The Morgan fingerprint density at radius 1 is 1.21 bits per heavy atom. The summed E-state index contributed by atoms with van der Waals surface area (Å²) in [5.41, 5.74) is 1.62. The van der Waals surface area contributed by atoms with Gasteiger partial charge < -0.3 is 9.84 Å². The van der Waals surface area contributed by atoms with Gasteiger partial charge in [-0.05, 0) is 36.4 Å². The van der Waals surface area contributed by atoms with Crippen molar-refractivity contribution in [1.82, 2.24) is 4.98 Å². The van der Waals surface area contributed by atoms with E-state index in [-0.39, 0.29) is 17.1 Å². The van der Waals surface area contributed by atoms with E-state index in [9.17, 15) is 9.90 Å². The number of para-hydroxylation sites is 1. The number of halogens is 1. The number of benzene rings is 2. The number of carbonyl (C=O) groups excluding carboxylic acids is 1. The topological polar surface area (TPSA) is 59.4 Å². The summed E-state index contributed by atoms with van der Waals surface area (Å²) >= 11 is 6.16. The van der Waals surface area contributed by atoms with E-state index in [4.69, 9.17) is 16.3 Å². The fourth-order valence-electron chi connectivity index (χ4n) is 2.33. The summed E-state index contributed by atoms with van der Waals surface area (Å²) in [5.74, 6) is 0.0147. The van der Waals surface area contributed by atoms with Crippen LogP contribution in [0.25, 0.3) is 17.0 Å². The lowest BCUT2D eigenvalue weighted by atomic mass is 10.1. The van der Waals surface area contributed by atoms with E-state index in [1.165, 1.54) is 25.3 Å². The van der Waals surface area contributed by atoms with Gasteiger partial charge in [0.25, 0.3) is 0 Å². The second-order valence-corrected chi connectivity index (χ2v) is 5.50. The summed E-state index contributed by atoms with van der Waals surface area (Å²) in [7, 11) is 1.49. The number of nitrogens with zero attached hydrogens (tertiary/aromatic N) is 1. The molecule has 2 aromatic carbocycles. The Morgan fingerprint density at radius 2 is 2.00 bits per heavy atom. The van der Waals surface area contributed by atoms with E-state index in [0.29, 0.717) is 16.5 Å². The highest BCUT2D eigenvalue weighted by Crippen LogP contribution is 2.25. The summed E-state index contributed by atoms with van der Waals surface area (Å²) < 4.78 is 5.00. The highest BCUT2D eigenvalue weighted by molar-refractivity contribution is 6.31.